The van der Waals surface area contributed by atoms with Gasteiger partial charge in [-0.15, -0.1) is 0 Å². The van der Waals surface area contributed by atoms with E-state index in [0.29, 0.717) is 6.54 Å². The van der Waals surface area contributed by atoms with Crippen LogP contribution in [0.15, 0.2) is 0 Å². The Morgan fingerprint density at radius 3 is 1.94 bits per heavy atom. The lowest BCUT2D eigenvalue weighted by Crippen LogP contribution is -2.40. The second-order valence-electron chi connectivity index (χ2n) is 7.18. The van der Waals surface area contributed by atoms with E-state index < -0.39 is 0 Å². The van der Waals surface area contributed by atoms with Crippen molar-refractivity contribution in [2.45, 2.75) is 61.0 Å². The van der Waals surface area contributed by atoms with Gasteiger partial charge in [-0.2, -0.15) is 0 Å². The van der Waals surface area contributed by atoms with E-state index in [1.54, 1.807) is 5.06 Å². The van der Waals surface area contributed by atoms with Crippen molar-refractivity contribution in [3.8, 4) is 0 Å². The van der Waals surface area contributed by atoms with E-state index in [1.807, 2.05) is 0 Å². The van der Waals surface area contributed by atoms with E-state index in [-0.39, 0.29) is 28.8 Å². The summed E-state index contributed by atoms with van der Waals surface area (Å²) in [5.74, 6) is 0.105. The average Bonchev–Trinajstić information content (AvgIpc) is 2.43. The van der Waals surface area contributed by atoms with Gasteiger partial charge in [0.25, 0.3) is 5.91 Å². The second-order valence-corrected chi connectivity index (χ2v) is 7.18. The topological polar surface area (TPSA) is 29.5 Å². The maximum Gasteiger partial charge on any atom is 0.252 e. The van der Waals surface area contributed by atoms with Crippen molar-refractivity contribution < 1.29 is 9.63 Å². The highest BCUT2D eigenvalue weighted by atomic mass is 16.7. The van der Waals surface area contributed by atoms with Gasteiger partial charge < -0.3 is 0 Å². The largest absolute Gasteiger partial charge is 0.272 e. The normalized spacial score (nSPS) is 26.8. The predicted molar refractivity (Wildman–Crippen MR) is 69.3 cm³/mol. The van der Waals surface area contributed by atoms with Crippen molar-refractivity contribution in [1.29, 1.82) is 0 Å². The molecule has 0 radical (unpaired) electrons. The summed E-state index contributed by atoms with van der Waals surface area (Å²) >= 11 is 0. The van der Waals surface area contributed by atoms with E-state index in [0.717, 1.165) is 6.42 Å². The van der Waals surface area contributed by atoms with Gasteiger partial charge >= 0.3 is 0 Å². The lowest BCUT2D eigenvalue weighted by molar-refractivity contribution is -0.186. The number of hydrogen-bond acceptors (Lipinski definition) is 2. The van der Waals surface area contributed by atoms with Crippen LogP contribution in [0.1, 0.15) is 54.9 Å². The first-order valence-corrected chi connectivity index (χ1v) is 6.57. The zero-order valence-corrected chi connectivity index (χ0v) is 12.3. The minimum atomic E-state index is -0.0580. The highest BCUT2D eigenvalue weighted by Gasteiger charge is 2.52. The predicted octanol–water partition coefficient (Wildman–Crippen LogP) is 3.25. The van der Waals surface area contributed by atoms with Gasteiger partial charge in [0.05, 0.1) is 5.92 Å². The number of carbonyl (C=O) groups is 1. The summed E-state index contributed by atoms with van der Waals surface area (Å²) in [6.07, 6.45) is 0.904. The highest BCUT2D eigenvalue weighted by Crippen LogP contribution is 2.43. The summed E-state index contributed by atoms with van der Waals surface area (Å²) < 4.78 is 0. The smallest absolute Gasteiger partial charge is 0.252 e. The summed E-state index contributed by atoms with van der Waals surface area (Å²) in [5, 5.41) is 1.58. The van der Waals surface area contributed by atoms with Crippen molar-refractivity contribution in [3.05, 3.63) is 0 Å². The van der Waals surface area contributed by atoms with Crippen LogP contribution >= 0.6 is 0 Å². The third-order valence-electron chi connectivity index (χ3n) is 3.27. The van der Waals surface area contributed by atoms with Crippen LogP contribution in [0.5, 0.6) is 0 Å². The number of amides is 1. The zero-order chi connectivity index (χ0) is 13.4. The van der Waals surface area contributed by atoms with E-state index in [9.17, 15) is 4.79 Å². The molecule has 3 heteroatoms. The minimum absolute atomic E-state index is 0.0178. The number of carbonyl (C=O) groups excluding carboxylic acids is 1. The Labute approximate surface area is 105 Å². The molecule has 2 unspecified atom stereocenters. The molecule has 3 nitrogen and oxygen atoms in total. The molecule has 100 valence electrons. The Morgan fingerprint density at radius 2 is 1.65 bits per heavy atom. The standard InChI is InChI=1S/C14H27NO2/c1-8-9-15-12(16)10(13(2,3)4)11(17-15)14(5,6)7/h10-11H,8-9H2,1-7H3. The molecule has 17 heavy (non-hydrogen) atoms. The van der Waals surface area contributed by atoms with Crippen LogP contribution in [-0.2, 0) is 9.63 Å². The zero-order valence-electron chi connectivity index (χ0n) is 12.3. The van der Waals surface area contributed by atoms with Gasteiger partial charge in [-0.1, -0.05) is 48.5 Å². The summed E-state index contributed by atoms with van der Waals surface area (Å²) in [6.45, 7) is 15.5. The van der Waals surface area contributed by atoms with Crippen LogP contribution in [0.25, 0.3) is 0 Å². The van der Waals surface area contributed by atoms with Crippen molar-refractivity contribution in [3.63, 3.8) is 0 Å². The lowest BCUT2D eigenvalue weighted by Gasteiger charge is -2.35. The summed E-state index contributed by atoms with van der Waals surface area (Å²) in [5.41, 5.74) is -0.0758. The van der Waals surface area contributed by atoms with Crippen LogP contribution < -0.4 is 0 Å². The van der Waals surface area contributed by atoms with Gasteiger partial charge in [-0.25, -0.2) is 5.06 Å². The fourth-order valence-corrected chi connectivity index (χ4v) is 2.38. The molecule has 0 bridgehead atoms. The molecule has 1 rings (SSSR count). The molecule has 0 saturated carbocycles. The van der Waals surface area contributed by atoms with Crippen LogP contribution in [-0.4, -0.2) is 23.6 Å². The van der Waals surface area contributed by atoms with Crippen LogP contribution in [0.4, 0.5) is 0 Å². The third-order valence-corrected chi connectivity index (χ3v) is 3.27. The fraction of sp³-hybridized carbons (Fsp3) is 0.929. The molecule has 1 saturated heterocycles. The molecular formula is C14H27NO2. The molecule has 1 aliphatic rings. The summed E-state index contributed by atoms with van der Waals surface area (Å²) in [6, 6.07) is 0. The van der Waals surface area contributed by atoms with Gasteiger partial charge in [0.1, 0.15) is 6.10 Å². The van der Waals surface area contributed by atoms with Crippen molar-refractivity contribution >= 4 is 5.91 Å². The molecule has 0 aromatic rings. The summed E-state index contributed by atoms with van der Waals surface area (Å²) in [4.78, 5) is 18.3. The van der Waals surface area contributed by atoms with Crippen molar-refractivity contribution in [2.75, 3.05) is 6.54 Å². The van der Waals surface area contributed by atoms with Gasteiger partial charge in [-0.05, 0) is 17.3 Å². The second kappa shape index (κ2) is 4.60. The molecule has 1 heterocycles. The lowest BCUT2D eigenvalue weighted by atomic mass is 9.70. The molecule has 1 amide bonds. The molecule has 1 fully saturated rings. The Hall–Kier alpha value is -0.570. The first kappa shape index (κ1) is 14.5. The fourth-order valence-electron chi connectivity index (χ4n) is 2.38. The highest BCUT2D eigenvalue weighted by molar-refractivity contribution is 5.81. The number of hydrogen-bond donors (Lipinski definition) is 0. The monoisotopic (exact) mass is 241 g/mol. The minimum Gasteiger partial charge on any atom is -0.272 e. The van der Waals surface area contributed by atoms with Gasteiger partial charge in [0.2, 0.25) is 0 Å². The van der Waals surface area contributed by atoms with E-state index in [1.165, 1.54) is 0 Å². The number of nitrogens with zero attached hydrogens (tertiary/aromatic N) is 1. The molecule has 0 spiro atoms. The van der Waals surface area contributed by atoms with Crippen molar-refractivity contribution in [2.24, 2.45) is 16.7 Å². The first-order valence-electron chi connectivity index (χ1n) is 6.57. The first-order chi connectivity index (χ1) is 7.59. The van der Waals surface area contributed by atoms with Gasteiger partial charge in [0, 0.05) is 6.54 Å². The maximum absolute atomic E-state index is 12.4. The number of rotatable bonds is 2. The molecule has 1 aliphatic heterocycles. The Balaban J connectivity index is 3.01. The molecule has 0 aromatic heterocycles. The molecule has 0 aliphatic carbocycles. The number of hydroxylamine groups is 2. The Bertz CT molecular complexity index is 286. The van der Waals surface area contributed by atoms with E-state index >= 15 is 0 Å². The molecule has 0 aromatic carbocycles. The molecule has 2 atom stereocenters. The van der Waals surface area contributed by atoms with Crippen molar-refractivity contribution in [1.82, 2.24) is 5.06 Å². The SMILES string of the molecule is CCCN1OC(C(C)(C)C)C(C(C)(C)C)C1=O. The summed E-state index contributed by atoms with van der Waals surface area (Å²) in [7, 11) is 0. The molecule has 0 N–H and O–H groups in total. The third kappa shape index (κ3) is 3.01. The van der Waals surface area contributed by atoms with Crippen LogP contribution in [0.3, 0.4) is 0 Å². The van der Waals surface area contributed by atoms with E-state index in [4.69, 9.17) is 4.84 Å². The quantitative estimate of drug-likeness (QED) is 0.742. The Morgan fingerprint density at radius 1 is 1.12 bits per heavy atom. The molecular weight excluding hydrogens is 214 g/mol. The van der Waals surface area contributed by atoms with Gasteiger partial charge in [-0.3, -0.25) is 9.63 Å². The van der Waals surface area contributed by atoms with Gasteiger partial charge in [0.15, 0.2) is 0 Å². The Kier molecular flexibility index (Phi) is 3.92. The maximum atomic E-state index is 12.4. The van der Waals surface area contributed by atoms with Crippen LogP contribution in [0, 0.1) is 16.7 Å². The van der Waals surface area contributed by atoms with E-state index in [2.05, 4.69) is 48.5 Å². The average molecular weight is 241 g/mol. The van der Waals surface area contributed by atoms with Crippen LogP contribution in [0.2, 0.25) is 0 Å².